The van der Waals surface area contributed by atoms with Crippen LogP contribution in [0.5, 0.6) is 0 Å². The van der Waals surface area contributed by atoms with Crippen molar-refractivity contribution in [2.75, 3.05) is 18.8 Å². The van der Waals surface area contributed by atoms with E-state index in [9.17, 15) is 13.0 Å². The van der Waals surface area contributed by atoms with Gasteiger partial charge in [-0.2, -0.15) is 0 Å². The van der Waals surface area contributed by atoms with Gasteiger partial charge in [-0.25, -0.2) is 8.42 Å². The summed E-state index contributed by atoms with van der Waals surface area (Å²) in [6.07, 6.45) is 2.40. The Labute approximate surface area is 96.4 Å². The Morgan fingerprint density at radius 2 is 1.80 bits per heavy atom. The summed E-state index contributed by atoms with van der Waals surface area (Å²) in [7, 11) is -4.10. The van der Waals surface area contributed by atoms with Gasteiger partial charge in [0.05, 0.1) is 10.1 Å². The average molecular weight is 253 g/mol. The highest BCUT2D eigenvalue weighted by molar-refractivity contribution is 7.85. The van der Waals surface area contributed by atoms with E-state index in [2.05, 4.69) is 17.6 Å². The molecule has 0 amide bonds. The molecular weight excluding hydrogens is 236 g/mol. The molecule has 2 N–H and O–H groups in total. The molecule has 0 aromatic rings. The third-order valence-electron chi connectivity index (χ3n) is 1.67. The largest absolute Gasteiger partial charge is 0.748 e. The van der Waals surface area contributed by atoms with E-state index in [-0.39, 0.29) is 12.2 Å². The number of unbranched alkanes of at least 4 members (excludes halogenated alkanes) is 1. The molecule has 15 heavy (non-hydrogen) atoms. The van der Waals surface area contributed by atoms with Gasteiger partial charge in [0.25, 0.3) is 0 Å². The standard InChI is InChI=1S/C8H18N2O3S2/c1-2-3-5-9-8(14)10-6-4-7-15(11,12)13/h2-7H2,1H3,(H2,9,10,14)(H,11,12,13)/p-1. The zero-order valence-electron chi connectivity index (χ0n) is 8.78. The summed E-state index contributed by atoms with van der Waals surface area (Å²) < 4.78 is 30.8. The van der Waals surface area contributed by atoms with E-state index in [1.807, 2.05) is 0 Å². The van der Waals surface area contributed by atoms with E-state index in [1.165, 1.54) is 0 Å². The molecule has 0 unspecified atom stereocenters. The van der Waals surface area contributed by atoms with Crippen molar-refractivity contribution < 1.29 is 13.0 Å². The van der Waals surface area contributed by atoms with E-state index in [0.717, 1.165) is 19.4 Å². The minimum Gasteiger partial charge on any atom is -0.748 e. The molecule has 0 spiro atoms. The van der Waals surface area contributed by atoms with Crippen LogP contribution in [0.4, 0.5) is 0 Å². The first-order chi connectivity index (χ1) is 6.95. The van der Waals surface area contributed by atoms with Gasteiger partial charge in [-0.15, -0.1) is 0 Å². The van der Waals surface area contributed by atoms with Crippen LogP contribution >= 0.6 is 12.2 Å². The summed E-state index contributed by atoms with van der Waals surface area (Å²) in [5, 5.41) is 6.31. The van der Waals surface area contributed by atoms with E-state index in [1.54, 1.807) is 0 Å². The van der Waals surface area contributed by atoms with Gasteiger partial charge in [-0.05, 0) is 25.1 Å². The Morgan fingerprint density at radius 3 is 2.27 bits per heavy atom. The molecule has 5 nitrogen and oxygen atoms in total. The molecule has 0 fully saturated rings. The number of thiocarbonyl (C=S) groups is 1. The molecule has 7 heteroatoms. The Morgan fingerprint density at radius 1 is 1.27 bits per heavy atom. The van der Waals surface area contributed by atoms with Gasteiger partial charge in [0.15, 0.2) is 5.11 Å². The van der Waals surface area contributed by atoms with Crippen LogP contribution in [0, 0.1) is 0 Å². The number of nitrogens with one attached hydrogen (secondary N) is 2. The first-order valence-corrected chi connectivity index (χ1v) is 6.89. The molecule has 0 heterocycles. The van der Waals surface area contributed by atoms with Gasteiger partial charge >= 0.3 is 0 Å². The minimum atomic E-state index is -4.10. The lowest BCUT2D eigenvalue weighted by Crippen LogP contribution is -2.36. The average Bonchev–Trinajstić information content (AvgIpc) is 2.11. The normalized spacial score (nSPS) is 11.1. The van der Waals surface area contributed by atoms with Crippen LogP contribution in [0.1, 0.15) is 26.2 Å². The van der Waals surface area contributed by atoms with Crippen LogP contribution in [-0.2, 0) is 10.1 Å². The van der Waals surface area contributed by atoms with E-state index >= 15 is 0 Å². The van der Waals surface area contributed by atoms with Gasteiger partial charge in [0, 0.05) is 18.8 Å². The zero-order valence-corrected chi connectivity index (χ0v) is 10.4. The molecule has 0 saturated heterocycles. The van der Waals surface area contributed by atoms with Gasteiger partial charge in [0.2, 0.25) is 0 Å². The summed E-state index contributed by atoms with van der Waals surface area (Å²) in [5.74, 6) is -0.350. The molecule has 0 rings (SSSR count). The van der Waals surface area contributed by atoms with Gasteiger partial charge in [-0.1, -0.05) is 13.3 Å². The van der Waals surface area contributed by atoms with Crippen LogP contribution in [0.25, 0.3) is 0 Å². The molecule has 90 valence electrons. The lowest BCUT2D eigenvalue weighted by molar-refractivity contribution is 0.461. The van der Waals surface area contributed by atoms with Crippen molar-refractivity contribution in [3.63, 3.8) is 0 Å². The highest BCUT2D eigenvalue weighted by Crippen LogP contribution is 1.86. The van der Waals surface area contributed by atoms with Crippen LogP contribution in [0.15, 0.2) is 0 Å². The van der Waals surface area contributed by atoms with E-state index in [0.29, 0.717) is 11.7 Å². The fourth-order valence-corrected chi connectivity index (χ4v) is 1.59. The summed E-state index contributed by atoms with van der Waals surface area (Å²) in [4.78, 5) is 0. The molecule has 0 saturated carbocycles. The molecule has 0 aliphatic heterocycles. The Kier molecular flexibility index (Phi) is 7.63. The molecule has 0 atom stereocenters. The Balaban J connectivity index is 3.39. The van der Waals surface area contributed by atoms with Crippen molar-refractivity contribution in [2.24, 2.45) is 0 Å². The third kappa shape index (κ3) is 11.5. The quantitative estimate of drug-likeness (QED) is 0.383. The maximum Gasteiger partial charge on any atom is 0.166 e. The van der Waals surface area contributed by atoms with E-state index < -0.39 is 10.1 Å². The monoisotopic (exact) mass is 253 g/mol. The lowest BCUT2D eigenvalue weighted by Gasteiger charge is -2.10. The SMILES string of the molecule is CCCCNC(=S)NCCCS(=O)(=O)[O-]. The fourth-order valence-electron chi connectivity index (χ4n) is 0.892. The summed E-state index contributed by atoms with van der Waals surface area (Å²) in [5.41, 5.74) is 0. The molecule has 0 aromatic carbocycles. The van der Waals surface area contributed by atoms with Crippen molar-refractivity contribution in [3.05, 3.63) is 0 Å². The number of hydrogen-bond donors (Lipinski definition) is 2. The van der Waals surface area contributed by atoms with Crippen molar-refractivity contribution in [2.45, 2.75) is 26.2 Å². The van der Waals surface area contributed by atoms with Crippen LogP contribution in [0.3, 0.4) is 0 Å². The highest BCUT2D eigenvalue weighted by atomic mass is 32.2. The third-order valence-corrected chi connectivity index (χ3v) is 2.75. The second kappa shape index (κ2) is 7.84. The Hall–Kier alpha value is -0.400. The smallest absolute Gasteiger partial charge is 0.166 e. The molecule has 0 aromatic heterocycles. The predicted octanol–water partition coefficient (Wildman–Crippen LogP) is 0.186. The van der Waals surface area contributed by atoms with Gasteiger partial charge in [-0.3, -0.25) is 0 Å². The van der Waals surface area contributed by atoms with Crippen molar-refractivity contribution in [3.8, 4) is 0 Å². The van der Waals surface area contributed by atoms with Crippen molar-refractivity contribution in [1.82, 2.24) is 10.6 Å². The zero-order chi connectivity index (χ0) is 11.7. The first-order valence-electron chi connectivity index (χ1n) is 4.91. The second-order valence-corrected chi connectivity index (χ2v) is 5.08. The molecule has 0 aliphatic carbocycles. The molecule has 0 aliphatic rings. The highest BCUT2D eigenvalue weighted by Gasteiger charge is 1.97. The van der Waals surface area contributed by atoms with Crippen molar-refractivity contribution >= 4 is 27.4 Å². The topological polar surface area (TPSA) is 81.3 Å². The fraction of sp³-hybridized carbons (Fsp3) is 0.875. The predicted molar refractivity (Wildman–Crippen MR) is 62.7 cm³/mol. The maximum absolute atomic E-state index is 10.3. The minimum absolute atomic E-state index is 0.279. The van der Waals surface area contributed by atoms with Crippen LogP contribution in [-0.4, -0.2) is 36.9 Å². The van der Waals surface area contributed by atoms with E-state index in [4.69, 9.17) is 12.2 Å². The number of rotatable bonds is 7. The molecule has 0 bridgehead atoms. The van der Waals surface area contributed by atoms with Crippen LogP contribution < -0.4 is 10.6 Å². The van der Waals surface area contributed by atoms with Gasteiger partial charge in [0.1, 0.15) is 0 Å². The van der Waals surface area contributed by atoms with Crippen LogP contribution in [0.2, 0.25) is 0 Å². The Bertz CT molecular complexity index is 278. The first kappa shape index (κ1) is 14.6. The summed E-state index contributed by atoms with van der Waals surface area (Å²) in [6.45, 7) is 3.29. The maximum atomic E-state index is 10.3. The summed E-state index contributed by atoms with van der Waals surface area (Å²) in [6, 6.07) is 0. The molecular formula is C8H17N2O3S2-. The lowest BCUT2D eigenvalue weighted by atomic mass is 10.3. The number of hydrogen-bond acceptors (Lipinski definition) is 4. The van der Waals surface area contributed by atoms with Gasteiger partial charge < -0.3 is 15.2 Å². The molecule has 0 radical (unpaired) electrons. The second-order valence-electron chi connectivity index (χ2n) is 3.15. The summed E-state index contributed by atoms with van der Waals surface area (Å²) >= 11 is 4.92. The van der Waals surface area contributed by atoms with Crippen molar-refractivity contribution in [1.29, 1.82) is 0 Å².